The van der Waals surface area contributed by atoms with E-state index in [2.05, 4.69) is 37.8 Å². The maximum absolute atomic E-state index is 10.9. The van der Waals surface area contributed by atoms with E-state index >= 15 is 0 Å². The molecule has 0 aliphatic heterocycles. The molecule has 0 N–H and O–H groups in total. The van der Waals surface area contributed by atoms with E-state index in [-0.39, 0.29) is 5.78 Å². The number of likely N-dealkylation sites (N-methyl/N-ethyl adjacent to an activating group) is 1. The third-order valence-corrected chi connectivity index (χ3v) is 2.92. The number of carbonyl (C=O) groups excluding carboxylic acids is 1. The summed E-state index contributed by atoms with van der Waals surface area (Å²) in [6.45, 7) is 8.60. The third-order valence-electron chi connectivity index (χ3n) is 2.92. The fourth-order valence-electron chi connectivity index (χ4n) is 1.47. The highest BCUT2D eigenvalue weighted by atomic mass is 16.1. The van der Waals surface area contributed by atoms with Crippen molar-refractivity contribution in [3.63, 3.8) is 0 Å². The van der Waals surface area contributed by atoms with Gasteiger partial charge in [-0.3, -0.25) is 9.69 Å². The van der Waals surface area contributed by atoms with Crippen LogP contribution < -0.4 is 0 Å². The van der Waals surface area contributed by atoms with E-state index in [9.17, 15) is 4.79 Å². The molecule has 0 spiro atoms. The highest BCUT2D eigenvalue weighted by molar-refractivity contribution is 5.77. The molecule has 0 fully saturated rings. The van der Waals surface area contributed by atoms with Gasteiger partial charge in [0.25, 0.3) is 0 Å². The van der Waals surface area contributed by atoms with Crippen LogP contribution in [0.5, 0.6) is 0 Å². The molecule has 1 aromatic rings. The number of ketones is 1. The molecule has 2 heteroatoms. The maximum atomic E-state index is 10.9. The van der Waals surface area contributed by atoms with E-state index < -0.39 is 0 Å². The van der Waals surface area contributed by atoms with Gasteiger partial charge in [-0.15, -0.1) is 0 Å². The lowest BCUT2D eigenvalue weighted by Crippen LogP contribution is -2.27. The first kappa shape index (κ1) is 16.9. The largest absolute Gasteiger partial charge is 0.299 e. The average molecular weight is 249 g/mol. The van der Waals surface area contributed by atoms with Gasteiger partial charge in [0, 0.05) is 6.04 Å². The number of unbranched alkanes of at least 4 members (excludes halogenated alkanes) is 1. The van der Waals surface area contributed by atoms with Crippen LogP contribution in [0.3, 0.4) is 0 Å². The maximum Gasteiger partial charge on any atom is 0.143 e. The summed E-state index contributed by atoms with van der Waals surface area (Å²) < 4.78 is 0. The van der Waals surface area contributed by atoms with Gasteiger partial charge in [0.05, 0.1) is 6.54 Å². The van der Waals surface area contributed by atoms with Crippen LogP contribution in [0.4, 0.5) is 0 Å². The number of carbonyl (C=O) groups is 1. The van der Waals surface area contributed by atoms with Crippen molar-refractivity contribution in [1.29, 1.82) is 0 Å². The Morgan fingerprint density at radius 3 is 2.06 bits per heavy atom. The van der Waals surface area contributed by atoms with Crippen molar-refractivity contribution >= 4 is 5.78 Å². The van der Waals surface area contributed by atoms with E-state index in [1.165, 1.54) is 18.4 Å². The summed E-state index contributed by atoms with van der Waals surface area (Å²) in [5, 5.41) is 0. The van der Waals surface area contributed by atoms with E-state index in [1.54, 1.807) is 6.92 Å². The van der Waals surface area contributed by atoms with Gasteiger partial charge in [0.15, 0.2) is 0 Å². The van der Waals surface area contributed by atoms with Crippen LogP contribution in [0.25, 0.3) is 0 Å². The van der Waals surface area contributed by atoms with E-state index in [1.807, 2.05) is 25.2 Å². The minimum Gasteiger partial charge on any atom is -0.299 e. The van der Waals surface area contributed by atoms with Gasteiger partial charge in [-0.1, -0.05) is 57.0 Å². The van der Waals surface area contributed by atoms with Crippen molar-refractivity contribution in [3.05, 3.63) is 35.9 Å². The molecule has 102 valence electrons. The van der Waals surface area contributed by atoms with Gasteiger partial charge in [-0.2, -0.15) is 0 Å². The molecule has 18 heavy (non-hydrogen) atoms. The molecule has 1 atom stereocenters. The van der Waals surface area contributed by atoms with Crippen molar-refractivity contribution in [2.75, 3.05) is 13.6 Å². The van der Waals surface area contributed by atoms with E-state index in [4.69, 9.17) is 0 Å². The Bertz CT molecular complexity index is 319. The Labute approximate surface area is 112 Å². The minimum absolute atomic E-state index is 0.204. The van der Waals surface area contributed by atoms with Crippen LogP contribution in [0, 0.1) is 0 Å². The molecule has 0 radical (unpaired) electrons. The summed E-state index contributed by atoms with van der Waals surface area (Å²) in [7, 11) is 1.97. The fraction of sp³-hybridized carbons (Fsp3) is 0.562. The van der Waals surface area contributed by atoms with Crippen LogP contribution in [-0.4, -0.2) is 24.3 Å². The fourth-order valence-corrected chi connectivity index (χ4v) is 1.47. The second kappa shape index (κ2) is 9.84. The van der Waals surface area contributed by atoms with E-state index in [0.717, 1.165) is 0 Å². The lowest BCUT2D eigenvalue weighted by atomic mass is 10.1. The quantitative estimate of drug-likeness (QED) is 0.784. The van der Waals surface area contributed by atoms with Gasteiger partial charge in [-0.05, 0) is 26.5 Å². The SMILES string of the molecule is CC(=O)CN(C)C(C)c1ccccc1.CCCC. The number of nitrogens with zero attached hydrogens (tertiary/aromatic N) is 1. The first-order valence-electron chi connectivity index (χ1n) is 6.77. The highest BCUT2D eigenvalue weighted by Gasteiger charge is 2.11. The topological polar surface area (TPSA) is 20.3 Å². The molecule has 1 aromatic carbocycles. The molecule has 1 unspecified atom stereocenters. The van der Waals surface area contributed by atoms with Gasteiger partial charge in [-0.25, -0.2) is 0 Å². The summed E-state index contributed by atoms with van der Waals surface area (Å²) in [6, 6.07) is 10.5. The Kier molecular flexibility index (Phi) is 9.21. The molecule has 0 aromatic heterocycles. The van der Waals surface area contributed by atoms with Crippen LogP contribution >= 0.6 is 0 Å². The molecule has 0 bridgehead atoms. The van der Waals surface area contributed by atoms with Crippen LogP contribution in [0.1, 0.15) is 52.1 Å². The predicted molar refractivity (Wildman–Crippen MR) is 78.8 cm³/mol. The lowest BCUT2D eigenvalue weighted by molar-refractivity contribution is -0.118. The second-order valence-corrected chi connectivity index (χ2v) is 4.70. The Hall–Kier alpha value is -1.15. The molecule has 0 saturated carbocycles. The Balaban J connectivity index is 0.000000631. The van der Waals surface area contributed by atoms with Gasteiger partial charge >= 0.3 is 0 Å². The molecule has 0 saturated heterocycles. The highest BCUT2D eigenvalue weighted by Crippen LogP contribution is 2.17. The van der Waals surface area contributed by atoms with Gasteiger partial charge in [0.2, 0.25) is 0 Å². The van der Waals surface area contributed by atoms with Gasteiger partial charge < -0.3 is 0 Å². The molecule has 0 amide bonds. The number of hydrogen-bond acceptors (Lipinski definition) is 2. The number of Topliss-reactive ketones (excluding diaryl/α,β-unsaturated/α-hetero) is 1. The standard InChI is InChI=1S/C12H17NO.C4H10/c1-10(14)9-13(3)11(2)12-7-5-4-6-8-12;1-3-4-2/h4-8,11H,9H2,1-3H3;3-4H2,1-2H3. The summed E-state index contributed by atoms with van der Waals surface area (Å²) in [5.41, 5.74) is 1.25. The zero-order valence-electron chi connectivity index (χ0n) is 12.4. The van der Waals surface area contributed by atoms with Crippen LogP contribution in [0.15, 0.2) is 30.3 Å². The summed E-state index contributed by atoms with van der Waals surface area (Å²) in [6.07, 6.45) is 2.64. The third kappa shape index (κ3) is 7.23. The molecule has 1 rings (SSSR count). The molecule has 0 heterocycles. The zero-order valence-corrected chi connectivity index (χ0v) is 12.4. The number of benzene rings is 1. The second-order valence-electron chi connectivity index (χ2n) is 4.70. The molecule has 0 aliphatic carbocycles. The summed E-state index contributed by atoms with van der Waals surface area (Å²) in [4.78, 5) is 13.0. The first-order chi connectivity index (χ1) is 8.52. The predicted octanol–water partition coefficient (Wildman–Crippen LogP) is 4.07. The van der Waals surface area contributed by atoms with E-state index in [0.29, 0.717) is 12.6 Å². The Morgan fingerprint density at radius 1 is 1.17 bits per heavy atom. The molecular weight excluding hydrogens is 222 g/mol. The van der Waals surface area contributed by atoms with Crippen molar-refractivity contribution in [2.24, 2.45) is 0 Å². The van der Waals surface area contributed by atoms with Crippen LogP contribution in [0.2, 0.25) is 0 Å². The molecule has 2 nitrogen and oxygen atoms in total. The molecule has 0 aliphatic rings. The van der Waals surface area contributed by atoms with Crippen molar-refractivity contribution in [3.8, 4) is 0 Å². The number of rotatable bonds is 5. The number of hydrogen-bond donors (Lipinski definition) is 0. The Morgan fingerprint density at radius 2 is 1.67 bits per heavy atom. The van der Waals surface area contributed by atoms with Gasteiger partial charge in [0.1, 0.15) is 5.78 Å². The first-order valence-corrected chi connectivity index (χ1v) is 6.77. The monoisotopic (exact) mass is 249 g/mol. The van der Waals surface area contributed by atoms with Crippen LogP contribution in [-0.2, 0) is 4.79 Å². The normalized spacial score (nSPS) is 11.7. The minimum atomic E-state index is 0.204. The summed E-state index contributed by atoms with van der Waals surface area (Å²) >= 11 is 0. The average Bonchev–Trinajstić information content (AvgIpc) is 2.38. The molecular formula is C16H27NO. The lowest BCUT2D eigenvalue weighted by Gasteiger charge is -2.23. The smallest absolute Gasteiger partial charge is 0.143 e. The summed E-state index contributed by atoms with van der Waals surface area (Å²) in [5.74, 6) is 0.204. The van der Waals surface area contributed by atoms with Crippen molar-refractivity contribution in [2.45, 2.75) is 46.6 Å². The van der Waals surface area contributed by atoms with Crippen molar-refractivity contribution in [1.82, 2.24) is 4.90 Å². The van der Waals surface area contributed by atoms with Crippen molar-refractivity contribution < 1.29 is 4.79 Å². The zero-order chi connectivity index (χ0) is 14.0.